The lowest BCUT2D eigenvalue weighted by Gasteiger charge is -2.23. The summed E-state index contributed by atoms with van der Waals surface area (Å²) in [5.74, 6) is 0. The van der Waals surface area contributed by atoms with Gasteiger partial charge in [0.1, 0.15) is 11.8 Å². The molecule has 0 saturated carbocycles. The molecule has 0 radical (unpaired) electrons. The van der Waals surface area contributed by atoms with Crippen LogP contribution in [0.2, 0.25) is 0 Å². The van der Waals surface area contributed by atoms with E-state index in [1.807, 2.05) is 12.1 Å². The van der Waals surface area contributed by atoms with Crippen molar-refractivity contribution in [2.24, 2.45) is 0 Å². The van der Waals surface area contributed by atoms with Crippen LogP contribution in [0, 0.1) is 21.4 Å². The van der Waals surface area contributed by atoms with Crippen molar-refractivity contribution in [1.29, 1.82) is 5.26 Å². The Morgan fingerprint density at radius 3 is 2.92 bits per heavy atom. The summed E-state index contributed by atoms with van der Waals surface area (Å²) >= 11 is 0. The van der Waals surface area contributed by atoms with Gasteiger partial charge in [-0.15, -0.1) is 0 Å². The summed E-state index contributed by atoms with van der Waals surface area (Å²) in [6.45, 7) is 0.656. The first-order valence-electron chi connectivity index (χ1n) is 8.31. The molecule has 8 nitrogen and oxygen atoms in total. The highest BCUT2D eigenvalue weighted by Crippen LogP contribution is 2.35. The van der Waals surface area contributed by atoms with Crippen LogP contribution in [0.25, 0.3) is 22.0 Å². The first-order chi connectivity index (χ1) is 12.7. The number of pyridine rings is 1. The van der Waals surface area contributed by atoms with E-state index < -0.39 is 4.92 Å². The lowest BCUT2D eigenvalue weighted by molar-refractivity contribution is -0.383. The van der Waals surface area contributed by atoms with Crippen LogP contribution in [0.5, 0.6) is 0 Å². The Bertz CT molecular complexity index is 1030. The molecule has 3 aromatic rings. The van der Waals surface area contributed by atoms with Crippen molar-refractivity contribution in [3.05, 3.63) is 52.5 Å². The van der Waals surface area contributed by atoms with Gasteiger partial charge < -0.3 is 4.74 Å². The van der Waals surface area contributed by atoms with Crippen molar-refractivity contribution in [2.45, 2.75) is 25.5 Å². The molecule has 26 heavy (non-hydrogen) atoms. The number of ether oxygens (including phenoxy) is 1. The van der Waals surface area contributed by atoms with E-state index in [0.717, 1.165) is 19.3 Å². The minimum atomic E-state index is -0.411. The van der Waals surface area contributed by atoms with E-state index in [-0.39, 0.29) is 17.6 Å². The molecule has 0 amide bonds. The zero-order valence-corrected chi connectivity index (χ0v) is 13.8. The number of hydrogen-bond acceptors (Lipinski definition) is 6. The fourth-order valence-electron chi connectivity index (χ4n) is 3.26. The number of nitriles is 1. The van der Waals surface area contributed by atoms with Crippen LogP contribution in [0.3, 0.4) is 0 Å². The summed E-state index contributed by atoms with van der Waals surface area (Å²) in [4.78, 5) is 15.1. The number of hydrogen-bond donors (Lipinski definition) is 0. The molecule has 1 aromatic carbocycles. The summed E-state index contributed by atoms with van der Waals surface area (Å²) in [7, 11) is 0. The lowest BCUT2D eigenvalue weighted by atomic mass is 10.0. The average molecular weight is 349 g/mol. The second-order valence-electron chi connectivity index (χ2n) is 6.14. The van der Waals surface area contributed by atoms with E-state index in [2.05, 4.69) is 10.1 Å². The maximum absolute atomic E-state index is 11.6. The molecule has 0 bridgehead atoms. The Hall–Kier alpha value is -3.31. The second kappa shape index (κ2) is 6.54. The zero-order chi connectivity index (χ0) is 18.1. The number of benzene rings is 1. The summed E-state index contributed by atoms with van der Waals surface area (Å²) in [6, 6.07) is 8.68. The molecule has 1 aliphatic rings. The van der Waals surface area contributed by atoms with Crippen molar-refractivity contribution < 1.29 is 9.66 Å². The molecule has 1 unspecified atom stereocenters. The fourth-order valence-corrected chi connectivity index (χ4v) is 3.26. The first-order valence-corrected chi connectivity index (χ1v) is 8.31. The monoisotopic (exact) mass is 349 g/mol. The Morgan fingerprint density at radius 2 is 2.19 bits per heavy atom. The highest BCUT2D eigenvalue weighted by Gasteiger charge is 2.23. The third-order valence-electron chi connectivity index (χ3n) is 4.53. The van der Waals surface area contributed by atoms with Crippen molar-refractivity contribution in [3.63, 3.8) is 0 Å². The molecule has 130 valence electrons. The first kappa shape index (κ1) is 16.2. The van der Waals surface area contributed by atoms with E-state index in [1.165, 1.54) is 18.5 Å². The topological polar surface area (TPSA) is 107 Å². The predicted molar refractivity (Wildman–Crippen MR) is 93.2 cm³/mol. The fraction of sp³-hybridized carbons (Fsp3) is 0.278. The maximum atomic E-state index is 11.6. The van der Waals surface area contributed by atoms with Crippen LogP contribution in [0.15, 0.2) is 36.7 Å². The maximum Gasteiger partial charge on any atom is 0.281 e. The molecule has 3 heterocycles. The predicted octanol–water partition coefficient (Wildman–Crippen LogP) is 3.58. The average Bonchev–Trinajstić information content (AvgIpc) is 3.11. The van der Waals surface area contributed by atoms with Crippen molar-refractivity contribution in [2.75, 3.05) is 6.61 Å². The summed E-state index contributed by atoms with van der Waals surface area (Å²) in [5, 5.41) is 25.5. The molecular formula is C18H15N5O3. The Morgan fingerprint density at radius 1 is 1.31 bits per heavy atom. The normalized spacial score (nSPS) is 17.1. The van der Waals surface area contributed by atoms with Gasteiger partial charge in [0.2, 0.25) is 0 Å². The molecule has 8 heteroatoms. The number of nitro groups is 1. The van der Waals surface area contributed by atoms with Gasteiger partial charge in [0, 0.05) is 18.9 Å². The van der Waals surface area contributed by atoms with Gasteiger partial charge in [-0.3, -0.25) is 10.1 Å². The molecule has 0 N–H and O–H groups in total. The SMILES string of the molecule is N#Cc1cc(-c2cc([N+](=O)[O-])c3cnn(C4CCCCO4)c3c2)ccn1. The minimum Gasteiger partial charge on any atom is -0.356 e. The molecule has 1 saturated heterocycles. The van der Waals surface area contributed by atoms with Crippen molar-refractivity contribution >= 4 is 16.6 Å². The molecule has 1 atom stereocenters. The van der Waals surface area contributed by atoms with Gasteiger partial charge in [-0.2, -0.15) is 10.4 Å². The van der Waals surface area contributed by atoms with E-state index in [1.54, 1.807) is 16.8 Å². The van der Waals surface area contributed by atoms with Crippen molar-refractivity contribution in [1.82, 2.24) is 14.8 Å². The van der Waals surface area contributed by atoms with Gasteiger partial charge in [-0.25, -0.2) is 9.67 Å². The Labute approximate surface area is 148 Å². The van der Waals surface area contributed by atoms with E-state index in [0.29, 0.717) is 28.6 Å². The standard InChI is InChI=1S/C18H15N5O3/c19-10-14-7-12(4-5-20-14)13-8-16-15(17(9-13)23(24)25)11-21-22(16)18-3-1-2-6-26-18/h4-5,7-9,11,18H,1-3,6H2. The molecule has 0 aliphatic carbocycles. The number of nitro benzene ring substituents is 1. The molecule has 1 aliphatic heterocycles. The van der Waals surface area contributed by atoms with Gasteiger partial charge in [0.05, 0.1) is 22.0 Å². The van der Waals surface area contributed by atoms with Crippen molar-refractivity contribution in [3.8, 4) is 17.2 Å². The summed E-state index contributed by atoms with van der Waals surface area (Å²) in [6.07, 6.45) is 5.68. The van der Waals surface area contributed by atoms with Gasteiger partial charge in [-0.05, 0) is 48.6 Å². The third-order valence-corrected chi connectivity index (χ3v) is 4.53. The van der Waals surface area contributed by atoms with Crippen LogP contribution in [0.1, 0.15) is 31.2 Å². The number of non-ortho nitro benzene ring substituents is 1. The highest BCUT2D eigenvalue weighted by atomic mass is 16.6. The van der Waals surface area contributed by atoms with Crippen LogP contribution in [-0.2, 0) is 4.74 Å². The minimum absolute atomic E-state index is 0.0186. The Balaban J connectivity index is 1.91. The molecular weight excluding hydrogens is 334 g/mol. The van der Waals surface area contributed by atoms with E-state index in [9.17, 15) is 10.1 Å². The molecule has 2 aromatic heterocycles. The van der Waals surface area contributed by atoms with Crippen LogP contribution >= 0.6 is 0 Å². The third kappa shape index (κ3) is 2.78. The quantitative estimate of drug-likeness (QED) is 0.528. The van der Waals surface area contributed by atoms with Gasteiger partial charge in [-0.1, -0.05) is 0 Å². The molecule has 4 rings (SSSR count). The van der Waals surface area contributed by atoms with Gasteiger partial charge in [0.15, 0.2) is 6.23 Å². The highest BCUT2D eigenvalue weighted by molar-refractivity contribution is 5.92. The summed E-state index contributed by atoms with van der Waals surface area (Å²) < 4.78 is 7.51. The van der Waals surface area contributed by atoms with E-state index in [4.69, 9.17) is 10.00 Å². The van der Waals surface area contributed by atoms with E-state index >= 15 is 0 Å². The van der Waals surface area contributed by atoms with Crippen LogP contribution in [0.4, 0.5) is 5.69 Å². The van der Waals surface area contributed by atoms with Gasteiger partial charge >= 0.3 is 0 Å². The molecule has 1 fully saturated rings. The lowest BCUT2D eigenvalue weighted by Crippen LogP contribution is -2.18. The van der Waals surface area contributed by atoms with Gasteiger partial charge in [0.25, 0.3) is 5.69 Å². The second-order valence-corrected chi connectivity index (χ2v) is 6.14. The Kier molecular flexibility index (Phi) is 4.07. The van der Waals surface area contributed by atoms with Crippen LogP contribution in [-0.4, -0.2) is 26.3 Å². The molecule has 0 spiro atoms. The number of aromatic nitrogens is 3. The zero-order valence-electron chi connectivity index (χ0n) is 13.8. The smallest absolute Gasteiger partial charge is 0.281 e. The number of rotatable bonds is 3. The largest absolute Gasteiger partial charge is 0.356 e. The number of fused-ring (bicyclic) bond motifs is 1. The number of nitrogens with zero attached hydrogens (tertiary/aromatic N) is 5. The summed E-state index contributed by atoms with van der Waals surface area (Å²) in [5.41, 5.74) is 2.22. The van der Waals surface area contributed by atoms with Crippen LogP contribution < -0.4 is 0 Å².